The largest absolute Gasteiger partial charge is 0.433 e. The third-order valence-electron chi connectivity index (χ3n) is 2.81. The molecule has 0 aromatic carbocycles. The van der Waals surface area contributed by atoms with Crippen LogP contribution in [0.1, 0.15) is 16.1 Å². The first-order valence-corrected chi connectivity index (χ1v) is 6.10. The monoisotopic (exact) mass is 289 g/mol. The van der Waals surface area contributed by atoms with Crippen LogP contribution in [0.15, 0.2) is 18.3 Å². The van der Waals surface area contributed by atoms with Crippen LogP contribution < -0.4 is 10.6 Å². The third-order valence-corrected chi connectivity index (χ3v) is 2.81. The summed E-state index contributed by atoms with van der Waals surface area (Å²) in [5, 5.41) is 5.71. The first-order valence-electron chi connectivity index (χ1n) is 6.10. The van der Waals surface area contributed by atoms with Crippen LogP contribution >= 0.6 is 0 Å². The fourth-order valence-electron chi connectivity index (χ4n) is 1.76. The van der Waals surface area contributed by atoms with Crippen molar-refractivity contribution in [3.63, 3.8) is 0 Å². The van der Waals surface area contributed by atoms with Gasteiger partial charge < -0.3 is 15.4 Å². The zero-order valence-electron chi connectivity index (χ0n) is 10.5. The maximum absolute atomic E-state index is 12.3. The van der Waals surface area contributed by atoms with Crippen molar-refractivity contribution in [1.29, 1.82) is 0 Å². The number of carbonyl (C=O) groups excluding carboxylic acids is 1. The van der Waals surface area contributed by atoms with Crippen molar-refractivity contribution in [3.05, 3.63) is 29.6 Å². The summed E-state index contributed by atoms with van der Waals surface area (Å²) < 4.78 is 42.4. The van der Waals surface area contributed by atoms with Gasteiger partial charge in [0.2, 0.25) is 0 Å². The van der Waals surface area contributed by atoms with Crippen molar-refractivity contribution in [2.24, 2.45) is 0 Å². The number of amides is 1. The number of nitrogens with one attached hydrogen (secondary N) is 2. The number of nitrogens with zero attached hydrogens (tertiary/aromatic N) is 1. The summed E-state index contributed by atoms with van der Waals surface area (Å²) in [6.45, 7) is 2.27. The second-order valence-electron chi connectivity index (χ2n) is 4.34. The van der Waals surface area contributed by atoms with E-state index in [1.165, 1.54) is 0 Å². The molecule has 0 radical (unpaired) electrons. The van der Waals surface area contributed by atoms with Gasteiger partial charge in [-0.15, -0.1) is 0 Å². The lowest BCUT2D eigenvalue weighted by molar-refractivity contribution is -0.141. The highest BCUT2D eigenvalue weighted by atomic mass is 19.4. The Morgan fingerprint density at radius 1 is 1.50 bits per heavy atom. The lowest BCUT2D eigenvalue weighted by Gasteiger charge is -2.23. The van der Waals surface area contributed by atoms with Crippen molar-refractivity contribution in [1.82, 2.24) is 15.6 Å². The highest BCUT2D eigenvalue weighted by Crippen LogP contribution is 2.27. The smallest absolute Gasteiger partial charge is 0.374 e. The van der Waals surface area contributed by atoms with E-state index in [1.807, 2.05) is 0 Å². The summed E-state index contributed by atoms with van der Waals surface area (Å²) >= 11 is 0. The molecule has 1 saturated heterocycles. The third kappa shape index (κ3) is 3.91. The molecule has 20 heavy (non-hydrogen) atoms. The molecule has 1 amide bonds. The molecule has 110 valence electrons. The summed E-state index contributed by atoms with van der Waals surface area (Å²) in [7, 11) is 0. The molecule has 1 aliphatic rings. The number of hydrogen-bond acceptors (Lipinski definition) is 4. The van der Waals surface area contributed by atoms with Gasteiger partial charge in [-0.25, -0.2) is 0 Å². The molecule has 5 nitrogen and oxygen atoms in total. The molecule has 2 N–H and O–H groups in total. The molecule has 1 aromatic heterocycles. The average molecular weight is 289 g/mol. The molecule has 1 unspecified atom stereocenters. The highest BCUT2D eigenvalue weighted by molar-refractivity contribution is 5.93. The fraction of sp³-hybridized carbons (Fsp3) is 0.500. The van der Waals surface area contributed by atoms with Gasteiger partial charge in [0.15, 0.2) is 0 Å². The number of morpholine rings is 1. The van der Waals surface area contributed by atoms with Crippen molar-refractivity contribution in [3.8, 4) is 0 Å². The van der Waals surface area contributed by atoms with Crippen LogP contribution in [0.2, 0.25) is 0 Å². The molecule has 2 rings (SSSR count). The van der Waals surface area contributed by atoms with Gasteiger partial charge in [-0.1, -0.05) is 0 Å². The topological polar surface area (TPSA) is 63.2 Å². The molecule has 1 aromatic rings. The molecule has 0 aliphatic carbocycles. The zero-order chi connectivity index (χ0) is 14.6. The standard InChI is InChI=1S/C12H14F3N3O2/c13-12(14,15)10-2-1-8(5-17-10)11(19)18-7-9-6-16-3-4-20-9/h1-2,5,9,16H,3-4,6-7H2,(H,18,19). The van der Waals surface area contributed by atoms with Crippen LogP contribution in [0, 0.1) is 0 Å². The summed E-state index contributed by atoms with van der Waals surface area (Å²) in [6.07, 6.45) is -3.72. The van der Waals surface area contributed by atoms with Gasteiger partial charge in [0, 0.05) is 25.8 Å². The van der Waals surface area contributed by atoms with Crippen LogP contribution in [0.25, 0.3) is 0 Å². The molecular formula is C12H14F3N3O2. The van der Waals surface area contributed by atoms with Crippen LogP contribution in [0.4, 0.5) is 13.2 Å². The number of carbonyl (C=O) groups is 1. The Bertz CT molecular complexity index is 456. The molecule has 1 atom stereocenters. The normalized spacial score (nSPS) is 19.6. The maximum Gasteiger partial charge on any atom is 0.433 e. The minimum Gasteiger partial charge on any atom is -0.374 e. The predicted octanol–water partition coefficient (Wildman–Crippen LogP) is 0.819. The quantitative estimate of drug-likeness (QED) is 0.865. The highest BCUT2D eigenvalue weighted by Gasteiger charge is 2.32. The molecular weight excluding hydrogens is 275 g/mol. The van der Waals surface area contributed by atoms with E-state index in [0.29, 0.717) is 19.7 Å². The van der Waals surface area contributed by atoms with Crippen LogP contribution in [0.5, 0.6) is 0 Å². The molecule has 0 saturated carbocycles. The molecule has 2 heterocycles. The summed E-state index contributed by atoms with van der Waals surface area (Å²) in [4.78, 5) is 15.0. The lowest BCUT2D eigenvalue weighted by atomic mass is 10.2. The minimum absolute atomic E-state index is 0.0850. The summed E-state index contributed by atoms with van der Waals surface area (Å²) in [6, 6.07) is 1.89. The van der Waals surface area contributed by atoms with Gasteiger partial charge in [0.1, 0.15) is 5.69 Å². The number of ether oxygens (including phenoxy) is 1. The number of hydrogen-bond donors (Lipinski definition) is 2. The number of aromatic nitrogens is 1. The number of alkyl halides is 3. The van der Waals surface area contributed by atoms with Crippen LogP contribution in [0.3, 0.4) is 0 Å². The van der Waals surface area contributed by atoms with Crippen molar-refractivity contribution in [2.45, 2.75) is 12.3 Å². The van der Waals surface area contributed by atoms with Gasteiger partial charge >= 0.3 is 6.18 Å². The summed E-state index contributed by atoms with van der Waals surface area (Å²) in [5.41, 5.74) is -0.935. The van der Waals surface area contributed by atoms with Gasteiger partial charge in [-0.3, -0.25) is 9.78 Å². The van der Waals surface area contributed by atoms with Crippen molar-refractivity contribution in [2.75, 3.05) is 26.2 Å². The average Bonchev–Trinajstić information content (AvgIpc) is 2.45. The Labute approximate surface area is 113 Å². The number of halogens is 3. The van der Waals surface area contributed by atoms with E-state index in [4.69, 9.17) is 4.74 Å². The Morgan fingerprint density at radius 2 is 2.30 bits per heavy atom. The van der Waals surface area contributed by atoms with Crippen LogP contribution in [-0.4, -0.2) is 43.2 Å². The van der Waals surface area contributed by atoms with Gasteiger partial charge in [-0.2, -0.15) is 13.2 Å². The van der Waals surface area contributed by atoms with E-state index in [0.717, 1.165) is 24.9 Å². The number of rotatable bonds is 3. The van der Waals surface area contributed by atoms with Crippen molar-refractivity contribution >= 4 is 5.91 Å². The lowest BCUT2D eigenvalue weighted by Crippen LogP contribution is -2.45. The first-order chi connectivity index (χ1) is 9.47. The Kier molecular flexibility index (Phi) is 4.56. The Hall–Kier alpha value is -1.67. The number of pyridine rings is 1. The van der Waals surface area contributed by atoms with E-state index < -0.39 is 17.8 Å². The molecule has 0 spiro atoms. The van der Waals surface area contributed by atoms with Gasteiger partial charge in [0.05, 0.1) is 18.3 Å². The van der Waals surface area contributed by atoms with Crippen LogP contribution in [-0.2, 0) is 10.9 Å². The molecule has 0 bridgehead atoms. The minimum atomic E-state index is -4.50. The fourth-order valence-corrected chi connectivity index (χ4v) is 1.76. The zero-order valence-corrected chi connectivity index (χ0v) is 10.5. The van der Waals surface area contributed by atoms with E-state index in [-0.39, 0.29) is 11.7 Å². The van der Waals surface area contributed by atoms with Gasteiger partial charge in [-0.05, 0) is 12.1 Å². The first kappa shape index (κ1) is 14.7. The van der Waals surface area contributed by atoms with E-state index >= 15 is 0 Å². The second kappa shape index (κ2) is 6.19. The Morgan fingerprint density at radius 3 is 2.85 bits per heavy atom. The molecule has 1 fully saturated rings. The van der Waals surface area contributed by atoms with E-state index in [9.17, 15) is 18.0 Å². The Balaban J connectivity index is 1.89. The molecule has 1 aliphatic heterocycles. The summed E-state index contributed by atoms with van der Waals surface area (Å²) in [5.74, 6) is -0.472. The predicted molar refractivity (Wildman–Crippen MR) is 64.2 cm³/mol. The van der Waals surface area contributed by atoms with Crippen molar-refractivity contribution < 1.29 is 22.7 Å². The molecule has 8 heteroatoms. The van der Waals surface area contributed by atoms with E-state index in [1.54, 1.807) is 0 Å². The van der Waals surface area contributed by atoms with E-state index in [2.05, 4.69) is 15.6 Å². The SMILES string of the molecule is O=C(NCC1CNCCO1)c1ccc(C(F)(F)F)nc1. The maximum atomic E-state index is 12.3. The second-order valence-corrected chi connectivity index (χ2v) is 4.34. The van der Waals surface area contributed by atoms with Gasteiger partial charge in [0.25, 0.3) is 5.91 Å².